The predicted octanol–water partition coefficient (Wildman–Crippen LogP) is 4.13. The Morgan fingerprint density at radius 2 is 1.47 bits per heavy atom. The van der Waals surface area contributed by atoms with E-state index in [4.69, 9.17) is 27.8 Å². The molecule has 2 saturated heterocycles. The van der Waals surface area contributed by atoms with E-state index in [0.29, 0.717) is 13.2 Å². The first kappa shape index (κ1) is 23.3. The van der Waals surface area contributed by atoms with Crippen LogP contribution in [0.15, 0.2) is 42.5 Å². The molecule has 0 amide bonds. The summed E-state index contributed by atoms with van der Waals surface area (Å²) in [6.07, 6.45) is 2.45. The number of rotatable bonds is 15. The Kier molecular flexibility index (Phi) is 8.59. The quantitative estimate of drug-likeness (QED) is 0.295. The zero-order chi connectivity index (χ0) is 22.2. The predicted molar refractivity (Wildman–Crippen MR) is 126 cm³/mol. The monoisotopic (exact) mass is 458 g/mol. The average molecular weight is 459 g/mol. The fourth-order valence-electron chi connectivity index (χ4n) is 3.58. The lowest BCUT2D eigenvalue weighted by Crippen LogP contribution is -2.22. The molecule has 2 fully saturated rings. The zero-order valence-corrected chi connectivity index (χ0v) is 20.2. The van der Waals surface area contributed by atoms with E-state index in [-0.39, 0.29) is 12.2 Å². The van der Waals surface area contributed by atoms with Gasteiger partial charge in [0.15, 0.2) is 0 Å². The zero-order valence-electron chi connectivity index (χ0n) is 19.1. The van der Waals surface area contributed by atoms with Gasteiger partial charge in [-0.1, -0.05) is 18.2 Å². The molecule has 2 atom stereocenters. The molecule has 32 heavy (non-hydrogen) atoms. The summed E-state index contributed by atoms with van der Waals surface area (Å²) in [7, 11) is -1.58. The fourth-order valence-corrected chi connectivity index (χ4v) is 5.30. The van der Waals surface area contributed by atoms with Crippen molar-refractivity contribution in [1.82, 2.24) is 0 Å². The Balaban J connectivity index is 1.41. The van der Waals surface area contributed by atoms with Gasteiger partial charge in [0.25, 0.3) is 0 Å². The minimum Gasteiger partial charge on any atom is -0.491 e. The van der Waals surface area contributed by atoms with Crippen LogP contribution in [-0.2, 0) is 24.7 Å². The first-order valence-electron chi connectivity index (χ1n) is 11.7. The van der Waals surface area contributed by atoms with Crippen molar-refractivity contribution in [1.29, 1.82) is 0 Å². The molecule has 0 aliphatic carbocycles. The highest BCUT2D eigenvalue weighted by Gasteiger charge is 2.24. The second-order valence-corrected chi connectivity index (χ2v) is 10.2. The molecular formula is C25H34O6Si. The molecule has 0 aromatic heterocycles. The number of hydrogen-bond acceptors (Lipinski definition) is 6. The number of epoxide rings is 2. The summed E-state index contributed by atoms with van der Waals surface area (Å²) in [5, 5.41) is 0. The normalized spacial score (nSPS) is 19.2. The van der Waals surface area contributed by atoms with Crippen LogP contribution in [0.5, 0.6) is 11.5 Å². The van der Waals surface area contributed by atoms with Gasteiger partial charge in [0.05, 0.1) is 13.2 Å². The van der Waals surface area contributed by atoms with Gasteiger partial charge in [-0.25, -0.2) is 0 Å². The lowest BCUT2D eigenvalue weighted by molar-refractivity contribution is 0.213. The molecule has 2 unspecified atom stereocenters. The van der Waals surface area contributed by atoms with E-state index in [0.717, 1.165) is 62.4 Å². The Hall–Kier alpha value is -1.90. The topological polar surface area (TPSA) is 62.0 Å². The molecule has 6 nitrogen and oxygen atoms in total. The van der Waals surface area contributed by atoms with Gasteiger partial charge in [0.1, 0.15) is 36.9 Å². The third-order valence-corrected chi connectivity index (χ3v) is 7.79. The summed E-state index contributed by atoms with van der Waals surface area (Å²) >= 11 is 0. The molecule has 0 spiro atoms. The third kappa shape index (κ3) is 7.32. The number of aryl methyl sites for hydroxylation is 1. The molecule has 7 heteroatoms. The molecule has 0 N–H and O–H groups in total. The van der Waals surface area contributed by atoms with Crippen molar-refractivity contribution in [3.63, 3.8) is 0 Å². The first-order valence-corrected chi connectivity index (χ1v) is 13.5. The van der Waals surface area contributed by atoms with Crippen LogP contribution in [0, 0.1) is 0 Å². The molecule has 2 aromatic rings. The van der Waals surface area contributed by atoms with Crippen LogP contribution in [0.2, 0.25) is 6.04 Å². The summed E-state index contributed by atoms with van der Waals surface area (Å²) in [5.74, 6) is 1.82. The SMILES string of the molecule is CCO[SiH](CCCc1cc(-c2ccc(OCC3CO3)cc2)ccc1OCC1CO1)OCC. The van der Waals surface area contributed by atoms with Gasteiger partial charge >= 0.3 is 9.28 Å². The maximum Gasteiger partial charge on any atom is 0.321 e. The second kappa shape index (κ2) is 11.8. The van der Waals surface area contributed by atoms with Gasteiger partial charge in [-0.2, -0.15) is 0 Å². The van der Waals surface area contributed by atoms with E-state index in [9.17, 15) is 0 Å². The maximum atomic E-state index is 6.08. The van der Waals surface area contributed by atoms with Crippen LogP contribution in [0.1, 0.15) is 25.8 Å². The first-order chi connectivity index (χ1) is 15.7. The Morgan fingerprint density at radius 1 is 0.844 bits per heavy atom. The molecule has 4 rings (SSSR count). The summed E-state index contributed by atoms with van der Waals surface area (Å²) in [6.45, 7) is 8.33. The molecule has 2 aromatic carbocycles. The van der Waals surface area contributed by atoms with E-state index in [2.05, 4.69) is 30.3 Å². The smallest absolute Gasteiger partial charge is 0.321 e. The van der Waals surface area contributed by atoms with E-state index < -0.39 is 9.28 Å². The molecule has 0 bridgehead atoms. The van der Waals surface area contributed by atoms with Crippen molar-refractivity contribution < 1.29 is 27.8 Å². The summed E-state index contributed by atoms with van der Waals surface area (Å²) in [5.41, 5.74) is 3.56. The minimum atomic E-state index is -1.58. The average Bonchev–Trinajstić information content (AvgIpc) is 3.73. The van der Waals surface area contributed by atoms with Gasteiger partial charge in [-0.05, 0) is 73.7 Å². The lowest BCUT2D eigenvalue weighted by atomic mass is 10.00. The minimum absolute atomic E-state index is 0.240. The Bertz CT molecular complexity index is 829. The van der Waals surface area contributed by atoms with Crippen molar-refractivity contribution in [3.05, 3.63) is 48.0 Å². The molecule has 0 radical (unpaired) electrons. The Labute approximate surface area is 192 Å². The van der Waals surface area contributed by atoms with Gasteiger partial charge in [-0.15, -0.1) is 0 Å². The van der Waals surface area contributed by atoms with Crippen molar-refractivity contribution in [2.75, 3.05) is 39.6 Å². The highest BCUT2D eigenvalue weighted by molar-refractivity contribution is 6.44. The van der Waals surface area contributed by atoms with E-state index in [1.807, 2.05) is 26.0 Å². The van der Waals surface area contributed by atoms with Gasteiger partial charge in [-0.3, -0.25) is 0 Å². The van der Waals surface area contributed by atoms with Crippen LogP contribution in [-0.4, -0.2) is 61.1 Å². The van der Waals surface area contributed by atoms with Crippen molar-refractivity contribution in [2.24, 2.45) is 0 Å². The van der Waals surface area contributed by atoms with E-state index in [1.165, 1.54) is 11.1 Å². The summed E-state index contributed by atoms with van der Waals surface area (Å²) in [4.78, 5) is 0. The van der Waals surface area contributed by atoms with Crippen molar-refractivity contribution >= 4 is 9.28 Å². The molecule has 2 aliphatic heterocycles. The van der Waals surface area contributed by atoms with Crippen LogP contribution in [0.3, 0.4) is 0 Å². The maximum absolute atomic E-state index is 6.08. The van der Waals surface area contributed by atoms with Crippen molar-refractivity contribution in [3.8, 4) is 22.6 Å². The van der Waals surface area contributed by atoms with Crippen molar-refractivity contribution in [2.45, 2.75) is 44.9 Å². The number of benzene rings is 2. The highest BCUT2D eigenvalue weighted by atomic mass is 28.3. The van der Waals surface area contributed by atoms with Crippen LogP contribution in [0.4, 0.5) is 0 Å². The highest BCUT2D eigenvalue weighted by Crippen LogP contribution is 2.30. The number of ether oxygens (including phenoxy) is 4. The third-order valence-electron chi connectivity index (χ3n) is 5.50. The van der Waals surface area contributed by atoms with Crippen LogP contribution < -0.4 is 9.47 Å². The molecule has 0 saturated carbocycles. The fraction of sp³-hybridized carbons (Fsp3) is 0.520. The van der Waals surface area contributed by atoms with E-state index >= 15 is 0 Å². The van der Waals surface area contributed by atoms with Gasteiger partial charge < -0.3 is 27.8 Å². The van der Waals surface area contributed by atoms with Gasteiger partial charge in [0, 0.05) is 13.2 Å². The van der Waals surface area contributed by atoms with Crippen LogP contribution >= 0.6 is 0 Å². The molecular weight excluding hydrogens is 424 g/mol. The largest absolute Gasteiger partial charge is 0.491 e. The Morgan fingerprint density at radius 3 is 2.09 bits per heavy atom. The van der Waals surface area contributed by atoms with E-state index in [1.54, 1.807) is 0 Å². The molecule has 2 aliphatic rings. The summed E-state index contributed by atoms with van der Waals surface area (Å²) < 4.78 is 34.0. The molecule has 174 valence electrons. The summed E-state index contributed by atoms with van der Waals surface area (Å²) in [6, 6.07) is 15.7. The molecule has 2 heterocycles. The standard InChI is InChI=1S/C25H34O6Si/c1-3-30-32(31-4-2)13-5-6-21-14-20(9-12-25(21)29-18-24-17-28-24)19-7-10-22(11-8-19)26-15-23-16-27-23/h7-12,14,23-24,32H,3-6,13,15-18H2,1-2H3. The van der Waals surface area contributed by atoms with Gasteiger partial charge in [0.2, 0.25) is 0 Å². The second-order valence-electron chi connectivity index (χ2n) is 8.11. The lowest BCUT2D eigenvalue weighted by Gasteiger charge is -2.16. The number of hydrogen-bond donors (Lipinski definition) is 0. The van der Waals surface area contributed by atoms with Crippen LogP contribution in [0.25, 0.3) is 11.1 Å².